The van der Waals surface area contributed by atoms with Gasteiger partial charge in [-0.15, -0.1) is 0 Å². The van der Waals surface area contributed by atoms with Crippen LogP contribution >= 0.6 is 0 Å². The topological polar surface area (TPSA) is 23.8 Å². The maximum absolute atomic E-state index is 9.70. The molecule has 1 heteroatoms. The molecule has 7 aromatic rings. The Labute approximate surface area is 233 Å². The third-order valence-corrected chi connectivity index (χ3v) is 8.28. The average Bonchev–Trinajstić information content (AvgIpc) is 3.36. The molecule has 0 heterocycles. The van der Waals surface area contributed by atoms with Crippen LogP contribution in [-0.2, 0) is 0 Å². The molecule has 0 saturated carbocycles. The summed E-state index contributed by atoms with van der Waals surface area (Å²) in [5, 5.41) is 14.8. The van der Waals surface area contributed by atoms with Crippen LogP contribution in [0.3, 0.4) is 0 Å². The number of rotatable bonds is 3. The van der Waals surface area contributed by atoms with Gasteiger partial charge in [0.2, 0.25) is 0 Å². The van der Waals surface area contributed by atoms with E-state index < -0.39 is 0 Å². The summed E-state index contributed by atoms with van der Waals surface area (Å²) in [6, 6.07) is 52.0. The van der Waals surface area contributed by atoms with Crippen molar-refractivity contribution in [3.63, 3.8) is 0 Å². The Bertz CT molecular complexity index is 2150. The van der Waals surface area contributed by atoms with Gasteiger partial charge in [-0.1, -0.05) is 121 Å². The predicted octanol–water partition coefficient (Wildman–Crippen LogP) is 10.5. The van der Waals surface area contributed by atoms with E-state index in [9.17, 15) is 5.26 Å². The molecule has 1 aliphatic rings. The zero-order chi connectivity index (χ0) is 26.6. The van der Waals surface area contributed by atoms with Gasteiger partial charge in [0.15, 0.2) is 0 Å². The summed E-state index contributed by atoms with van der Waals surface area (Å²) in [5.41, 5.74) is 12.8. The molecule has 184 valence electrons. The third kappa shape index (κ3) is 3.34. The van der Waals surface area contributed by atoms with Gasteiger partial charge >= 0.3 is 0 Å². The fraction of sp³-hybridized carbons (Fsp3) is 0. The van der Waals surface area contributed by atoms with Crippen LogP contribution in [0.5, 0.6) is 0 Å². The second-order valence-electron chi connectivity index (χ2n) is 10.4. The normalized spacial score (nSPS) is 11.5. The molecule has 0 aliphatic heterocycles. The molecule has 0 saturated heterocycles. The molecule has 1 aliphatic carbocycles. The van der Waals surface area contributed by atoms with Gasteiger partial charge in [-0.2, -0.15) is 5.26 Å². The lowest BCUT2D eigenvalue weighted by molar-refractivity contribution is 1.48. The van der Waals surface area contributed by atoms with Crippen LogP contribution in [0, 0.1) is 11.3 Å². The van der Waals surface area contributed by atoms with Crippen molar-refractivity contribution in [1.82, 2.24) is 0 Å². The molecule has 0 atom stereocenters. The first-order valence-corrected chi connectivity index (χ1v) is 13.6. The first-order chi connectivity index (χ1) is 19.8. The predicted molar refractivity (Wildman–Crippen MR) is 167 cm³/mol. The number of nitrogens with zero attached hydrogens (tertiary/aromatic N) is 1. The highest BCUT2D eigenvalue weighted by atomic mass is 14.3. The zero-order valence-electron chi connectivity index (χ0n) is 21.7. The minimum absolute atomic E-state index is 0.689. The van der Waals surface area contributed by atoms with Crippen molar-refractivity contribution in [2.45, 2.75) is 0 Å². The number of fused-ring (bicyclic) bond motifs is 4. The molecule has 0 unspecified atom stereocenters. The lowest BCUT2D eigenvalue weighted by atomic mass is 9.90. The largest absolute Gasteiger partial charge is 0.192 e. The van der Waals surface area contributed by atoms with Gasteiger partial charge in [-0.05, 0) is 89.8 Å². The molecule has 0 bridgehead atoms. The summed E-state index contributed by atoms with van der Waals surface area (Å²) in [4.78, 5) is 0. The lowest BCUT2D eigenvalue weighted by Gasteiger charge is -2.13. The van der Waals surface area contributed by atoms with Crippen LogP contribution in [0.15, 0.2) is 140 Å². The zero-order valence-corrected chi connectivity index (χ0v) is 21.7. The molecule has 1 nitrogen and oxygen atoms in total. The van der Waals surface area contributed by atoms with E-state index in [1.54, 1.807) is 0 Å². The summed E-state index contributed by atoms with van der Waals surface area (Å²) in [6.07, 6.45) is 0. The van der Waals surface area contributed by atoms with Crippen LogP contribution in [0.25, 0.3) is 77.2 Å². The van der Waals surface area contributed by atoms with E-state index >= 15 is 0 Å². The van der Waals surface area contributed by atoms with E-state index in [1.165, 1.54) is 54.9 Å². The average molecular weight is 506 g/mol. The molecule has 40 heavy (non-hydrogen) atoms. The first-order valence-electron chi connectivity index (χ1n) is 13.6. The van der Waals surface area contributed by atoms with Gasteiger partial charge < -0.3 is 0 Å². The van der Waals surface area contributed by atoms with Gasteiger partial charge in [0.05, 0.1) is 11.6 Å². The van der Waals surface area contributed by atoms with Crippen molar-refractivity contribution in [1.29, 1.82) is 5.26 Å². The molecule has 0 radical (unpaired) electrons. The quantitative estimate of drug-likeness (QED) is 0.234. The van der Waals surface area contributed by atoms with Crippen LogP contribution in [0.1, 0.15) is 5.56 Å². The Kier molecular flexibility index (Phi) is 4.96. The summed E-state index contributed by atoms with van der Waals surface area (Å²) in [6.45, 7) is 0. The fourth-order valence-electron chi connectivity index (χ4n) is 6.43. The molecule has 0 spiro atoms. The molecular formula is C39H23N. The van der Waals surface area contributed by atoms with Gasteiger partial charge in [-0.3, -0.25) is 0 Å². The monoisotopic (exact) mass is 505 g/mol. The highest BCUT2D eigenvalue weighted by molar-refractivity contribution is 6.18. The molecule has 0 N–H and O–H groups in total. The Balaban J connectivity index is 1.24. The van der Waals surface area contributed by atoms with Crippen LogP contribution in [0.2, 0.25) is 0 Å². The summed E-state index contributed by atoms with van der Waals surface area (Å²) in [7, 11) is 0. The van der Waals surface area contributed by atoms with Gasteiger partial charge in [0, 0.05) is 5.56 Å². The molecule has 0 aromatic heterocycles. The van der Waals surface area contributed by atoms with Crippen molar-refractivity contribution in [3.8, 4) is 61.7 Å². The van der Waals surface area contributed by atoms with E-state index in [4.69, 9.17) is 0 Å². The number of hydrogen-bond acceptors (Lipinski definition) is 1. The van der Waals surface area contributed by atoms with Crippen LogP contribution in [-0.4, -0.2) is 0 Å². The van der Waals surface area contributed by atoms with Gasteiger partial charge in [0.25, 0.3) is 0 Å². The molecule has 0 fully saturated rings. The summed E-state index contributed by atoms with van der Waals surface area (Å²) >= 11 is 0. The fourth-order valence-corrected chi connectivity index (χ4v) is 6.43. The van der Waals surface area contributed by atoms with E-state index in [1.807, 2.05) is 30.3 Å². The maximum atomic E-state index is 9.70. The third-order valence-electron chi connectivity index (χ3n) is 8.28. The minimum Gasteiger partial charge on any atom is -0.192 e. The SMILES string of the molecule is N#Cc1ccccc1-c1ccccc1-c1ccc2cc(-c3ccc4c5c(cccc35)-c3ccccc3-4)ccc2c1. The highest BCUT2D eigenvalue weighted by Gasteiger charge is 2.22. The molecule has 8 rings (SSSR count). The van der Waals surface area contributed by atoms with Gasteiger partial charge in [0.1, 0.15) is 0 Å². The van der Waals surface area contributed by atoms with Crippen molar-refractivity contribution in [2.24, 2.45) is 0 Å². The Morgan fingerprint density at radius 2 is 0.875 bits per heavy atom. The van der Waals surface area contributed by atoms with Crippen molar-refractivity contribution < 1.29 is 0 Å². The highest BCUT2D eigenvalue weighted by Crippen LogP contribution is 2.49. The Morgan fingerprint density at radius 3 is 1.55 bits per heavy atom. The smallest absolute Gasteiger partial charge is 0.0998 e. The molecule has 7 aromatic carbocycles. The number of hydrogen-bond donors (Lipinski definition) is 0. The van der Waals surface area contributed by atoms with Gasteiger partial charge in [-0.25, -0.2) is 0 Å². The van der Waals surface area contributed by atoms with Crippen molar-refractivity contribution in [3.05, 3.63) is 145 Å². The maximum Gasteiger partial charge on any atom is 0.0998 e. The van der Waals surface area contributed by atoms with E-state index in [0.29, 0.717) is 5.56 Å². The summed E-state index contributed by atoms with van der Waals surface area (Å²) in [5.74, 6) is 0. The Hall–Kier alpha value is -5.45. The van der Waals surface area contributed by atoms with Crippen LogP contribution < -0.4 is 0 Å². The van der Waals surface area contributed by atoms with E-state index in [0.717, 1.165) is 22.3 Å². The second-order valence-corrected chi connectivity index (χ2v) is 10.4. The standard InChI is InChI=1S/C39H23N/c40-24-29-8-1-2-10-31(29)33-11-4-3-9-30(33)27-18-16-26-23-28(19-17-25(26)22-27)32-20-21-38-35-13-6-5-12-34(35)37-15-7-14-36(32)39(37)38/h1-23H. The minimum atomic E-state index is 0.689. The molecule has 0 amide bonds. The summed E-state index contributed by atoms with van der Waals surface area (Å²) < 4.78 is 0. The van der Waals surface area contributed by atoms with E-state index in [-0.39, 0.29) is 0 Å². The first kappa shape index (κ1) is 22.5. The molecular weight excluding hydrogens is 482 g/mol. The number of benzene rings is 7. The lowest BCUT2D eigenvalue weighted by Crippen LogP contribution is -1.89. The number of nitriles is 1. The van der Waals surface area contributed by atoms with E-state index in [2.05, 4.69) is 115 Å². The van der Waals surface area contributed by atoms with Crippen LogP contribution in [0.4, 0.5) is 0 Å². The second kappa shape index (κ2) is 8.80. The van der Waals surface area contributed by atoms with Crippen molar-refractivity contribution >= 4 is 21.5 Å². The van der Waals surface area contributed by atoms with Crippen molar-refractivity contribution in [2.75, 3.05) is 0 Å². The Morgan fingerprint density at radius 1 is 0.375 bits per heavy atom.